The minimum Gasteiger partial charge on any atom is -0.390 e. The van der Waals surface area contributed by atoms with Gasteiger partial charge in [0.05, 0.1) is 13.2 Å². The lowest BCUT2D eigenvalue weighted by Crippen LogP contribution is -2.06. The van der Waals surface area contributed by atoms with Crippen molar-refractivity contribution in [1.82, 2.24) is 5.32 Å². The van der Waals surface area contributed by atoms with Gasteiger partial charge in [0.25, 0.3) is 0 Å². The smallest absolute Gasteiger partial charge is 0.0864 e. The molecule has 1 N–H and O–H groups in total. The van der Waals surface area contributed by atoms with Gasteiger partial charge in [0.15, 0.2) is 0 Å². The highest BCUT2D eigenvalue weighted by molar-refractivity contribution is 5.03. The van der Waals surface area contributed by atoms with Gasteiger partial charge in [-0.05, 0) is 6.08 Å². The first-order valence-electron chi connectivity index (χ1n) is 2.38. The fraction of sp³-hybridized carbons (Fsp3) is 0.600. The number of nitrogens with one attached hydrogen (secondary N) is 1. The molecule has 0 amide bonds. The fourth-order valence-electron chi connectivity index (χ4n) is 0.562. The molecular formula is C5H9NO. The summed E-state index contributed by atoms with van der Waals surface area (Å²) in [4.78, 5) is 0. The molecular weight excluding hydrogens is 90.1 g/mol. The monoisotopic (exact) mass is 99.1 g/mol. The van der Waals surface area contributed by atoms with Crippen LogP contribution in [0.1, 0.15) is 0 Å². The van der Waals surface area contributed by atoms with Crippen molar-refractivity contribution >= 4 is 0 Å². The van der Waals surface area contributed by atoms with E-state index in [9.17, 15) is 0 Å². The number of likely N-dealkylation sites (N-methyl/N-ethyl adjacent to an activating group) is 1. The molecule has 0 unspecified atom stereocenters. The summed E-state index contributed by atoms with van der Waals surface area (Å²) in [5.41, 5.74) is 1.19. The first-order chi connectivity index (χ1) is 3.43. The van der Waals surface area contributed by atoms with Crippen LogP contribution in [-0.2, 0) is 4.74 Å². The molecule has 0 spiro atoms. The molecule has 0 aromatic carbocycles. The second-order valence-electron chi connectivity index (χ2n) is 1.49. The Morgan fingerprint density at radius 1 is 1.86 bits per heavy atom. The van der Waals surface area contributed by atoms with Gasteiger partial charge in [0, 0.05) is 12.7 Å². The summed E-state index contributed by atoms with van der Waals surface area (Å²) in [5.74, 6) is 0. The molecule has 40 valence electrons. The lowest BCUT2D eigenvalue weighted by atomic mass is 10.5. The van der Waals surface area contributed by atoms with Gasteiger partial charge >= 0.3 is 0 Å². The maximum Gasteiger partial charge on any atom is 0.0864 e. The average molecular weight is 99.1 g/mol. The Kier molecular flexibility index (Phi) is 1.32. The van der Waals surface area contributed by atoms with Crippen LogP contribution in [0.4, 0.5) is 0 Å². The van der Waals surface area contributed by atoms with Crippen LogP contribution >= 0.6 is 0 Å². The van der Waals surface area contributed by atoms with Crippen molar-refractivity contribution in [3.63, 3.8) is 0 Å². The zero-order valence-corrected chi connectivity index (χ0v) is 4.40. The Morgan fingerprint density at radius 3 is 3.00 bits per heavy atom. The van der Waals surface area contributed by atoms with E-state index < -0.39 is 0 Å². The van der Waals surface area contributed by atoms with E-state index in [0.717, 1.165) is 13.2 Å². The van der Waals surface area contributed by atoms with Crippen LogP contribution in [-0.4, -0.2) is 20.3 Å². The van der Waals surface area contributed by atoms with E-state index in [2.05, 4.69) is 5.32 Å². The van der Waals surface area contributed by atoms with E-state index in [1.54, 1.807) is 0 Å². The Hall–Kier alpha value is -0.500. The highest BCUT2D eigenvalue weighted by atomic mass is 16.5. The minimum atomic E-state index is 0.760. The Labute approximate surface area is 43.2 Å². The van der Waals surface area contributed by atoms with Gasteiger partial charge in [0.1, 0.15) is 0 Å². The predicted molar refractivity (Wildman–Crippen MR) is 28.0 cm³/mol. The summed E-state index contributed by atoms with van der Waals surface area (Å²) < 4.78 is 4.99. The molecule has 0 radical (unpaired) electrons. The average Bonchev–Trinajstić information content (AvgIpc) is 2.14. The standard InChI is InChI=1S/C5H9NO/c1-6-5-2-3-7-4-5/h2,6H,3-4H2,1H3. The first kappa shape index (κ1) is 4.65. The third-order valence-electron chi connectivity index (χ3n) is 1.03. The summed E-state index contributed by atoms with van der Waals surface area (Å²) in [6.07, 6.45) is 2.04. The summed E-state index contributed by atoms with van der Waals surface area (Å²) >= 11 is 0. The lowest BCUT2D eigenvalue weighted by Gasteiger charge is -1.94. The van der Waals surface area contributed by atoms with Gasteiger partial charge in [-0.3, -0.25) is 0 Å². The second-order valence-corrected chi connectivity index (χ2v) is 1.49. The molecule has 2 nitrogen and oxygen atoms in total. The molecule has 0 bridgehead atoms. The van der Waals surface area contributed by atoms with E-state index in [-0.39, 0.29) is 0 Å². The molecule has 1 aliphatic heterocycles. The third-order valence-corrected chi connectivity index (χ3v) is 1.03. The summed E-state index contributed by atoms with van der Waals surface area (Å²) in [6.45, 7) is 1.53. The van der Waals surface area contributed by atoms with Crippen LogP contribution in [0, 0.1) is 0 Å². The second kappa shape index (κ2) is 1.98. The van der Waals surface area contributed by atoms with E-state index in [1.165, 1.54) is 5.70 Å². The maximum atomic E-state index is 4.99. The van der Waals surface area contributed by atoms with Gasteiger partial charge in [-0.15, -0.1) is 0 Å². The maximum absolute atomic E-state index is 4.99. The molecule has 0 atom stereocenters. The van der Waals surface area contributed by atoms with Crippen LogP contribution in [0.3, 0.4) is 0 Å². The highest BCUT2D eigenvalue weighted by Crippen LogP contribution is 1.97. The number of hydrogen-bond donors (Lipinski definition) is 1. The molecule has 2 heteroatoms. The highest BCUT2D eigenvalue weighted by Gasteiger charge is 1.98. The molecule has 1 aliphatic rings. The normalized spacial score (nSPS) is 19.3. The molecule has 0 fully saturated rings. The van der Waals surface area contributed by atoms with Gasteiger partial charge in [0.2, 0.25) is 0 Å². The van der Waals surface area contributed by atoms with E-state index in [1.807, 2.05) is 13.1 Å². The largest absolute Gasteiger partial charge is 0.390 e. The van der Waals surface area contributed by atoms with Crippen LogP contribution in [0.25, 0.3) is 0 Å². The van der Waals surface area contributed by atoms with Crippen molar-refractivity contribution in [2.75, 3.05) is 20.3 Å². The minimum absolute atomic E-state index is 0.760. The summed E-state index contributed by atoms with van der Waals surface area (Å²) in [7, 11) is 1.90. The molecule has 0 saturated heterocycles. The van der Waals surface area contributed by atoms with Crippen LogP contribution in [0.2, 0.25) is 0 Å². The van der Waals surface area contributed by atoms with E-state index in [4.69, 9.17) is 4.74 Å². The molecule has 7 heavy (non-hydrogen) atoms. The Bertz CT molecular complexity index is 88.1. The zero-order chi connectivity index (χ0) is 5.11. The summed E-state index contributed by atoms with van der Waals surface area (Å²) in [6, 6.07) is 0. The van der Waals surface area contributed by atoms with Gasteiger partial charge in [-0.2, -0.15) is 0 Å². The quantitative estimate of drug-likeness (QED) is 0.504. The molecule has 1 rings (SSSR count). The van der Waals surface area contributed by atoms with Crippen molar-refractivity contribution in [2.45, 2.75) is 0 Å². The predicted octanol–water partition coefficient (Wildman–Crippen LogP) is 0.120. The van der Waals surface area contributed by atoms with Crippen LogP contribution < -0.4 is 5.32 Å². The topological polar surface area (TPSA) is 21.3 Å². The zero-order valence-electron chi connectivity index (χ0n) is 4.40. The van der Waals surface area contributed by atoms with Gasteiger partial charge < -0.3 is 10.1 Å². The SMILES string of the molecule is CNC1=CCOC1. The first-order valence-corrected chi connectivity index (χ1v) is 2.38. The lowest BCUT2D eigenvalue weighted by molar-refractivity contribution is 0.206. The van der Waals surface area contributed by atoms with Crippen LogP contribution in [0.5, 0.6) is 0 Å². The molecule has 0 aromatic rings. The molecule has 0 aromatic heterocycles. The van der Waals surface area contributed by atoms with E-state index >= 15 is 0 Å². The van der Waals surface area contributed by atoms with Crippen molar-refractivity contribution in [2.24, 2.45) is 0 Å². The molecule has 0 aliphatic carbocycles. The Morgan fingerprint density at radius 2 is 2.71 bits per heavy atom. The van der Waals surface area contributed by atoms with E-state index in [0.29, 0.717) is 0 Å². The number of ether oxygens (including phenoxy) is 1. The van der Waals surface area contributed by atoms with Crippen molar-refractivity contribution in [3.05, 3.63) is 11.8 Å². The molecule has 1 heterocycles. The van der Waals surface area contributed by atoms with Gasteiger partial charge in [-0.1, -0.05) is 0 Å². The van der Waals surface area contributed by atoms with Crippen molar-refractivity contribution in [3.8, 4) is 0 Å². The number of hydrogen-bond acceptors (Lipinski definition) is 2. The molecule has 0 saturated carbocycles. The fourth-order valence-corrected chi connectivity index (χ4v) is 0.562. The number of rotatable bonds is 1. The Balaban J connectivity index is 2.36. The van der Waals surface area contributed by atoms with Gasteiger partial charge in [-0.25, -0.2) is 0 Å². The third kappa shape index (κ3) is 0.933. The summed E-state index contributed by atoms with van der Waals surface area (Å²) in [5, 5.41) is 3.00. The van der Waals surface area contributed by atoms with Crippen molar-refractivity contribution < 1.29 is 4.74 Å². The van der Waals surface area contributed by atoms with Crippen molar-refractivity contribution in [1.29, 1.82) is 0 Å². The van der Waals surface area contributed by atoms with Crippen LogP contribution in [0.15, 0.2) is 11.8 Å².